The van der Waals surface area contributed by atoms with E-state index < -0.39 is 0 Å². The van der Waals surface area contributed by atoms with Gasteiger partial charge < -0.3 is 4.90 Å². The lowest BCUT2D eigenvalue weighted by molar-refractivity contribution is -0.133. The van der Waals surface area contributed by atoms with Crippen molar-refractivity contribution < 1.29 is 4.79 Å². The molecule has 0 radical (unpaired) electrons. The Labute approximate surface area is 127 Å². The number of rotatable bonds is 4. The van der Waals surface area contributed by atoms with E-state index in [0.717, 1.165) is 13.0 Å². The summed E-state index contributed by atoms with van der Waals surface area (Å²) in [5.74, 6) is 2.31. The maximum absolute atomic E-state index is 12.9. The highest BCUT2D eigenvalue weighted by molar-refractivity contribution is 8.00. The molecule has 0 aromatic carbocycles. The maximum Gasteiger partial charge on any atom is 0.243 e. The summed E-state index contributed by atoms with van der Waals surface area (Å²) in [6, 6.07) is 0. The fourth-order valence-corrected chi connectivity index (χ4v) is 5.28. The van der Waals surface area contributed by atoms with E-state index in [0.29, 0.717) is 23.2 Å². The molecule has 0 aromatic rings. The van der Waals surface area contributed by atoms with Crippen molar-refractivity contribution >= 4 is 17.7 Å². The second-order valence-corrected chi connectivity index (χ2v) is 8.32. The molecule has 0 bridgehead atoms. The van der Waals surface area contributed by atoms with E-state index in [1.807, 2.05) is 0 Å². The molecule has 3 atom stereocenters. The summed E-state index contributed by atoms with van der Waals surface area (Å²) in [5.41, 5.74) is -0.323. The van der Waals surface area contributed by atoms with Crippen LogP contribution in [0.15, 0.2) is 0 Å². The molecule has 114 valence electrons. The second kappa shape index (κ2) is 5.88. The average molecular weight is 296 g/mol. The summed E-state index contributed by atoms with van der Waals surface area (Å²) in [5, 5.41) is 4.37. The molecular weight excluding hydrogens is 268 g/mol. The smallest absolute Gasteiger partial charge is 0.243 e. The Morgan fingerprint density at radius 1 is 1.30 bits per heavy atom. The van der Waals surface area contributed by atoms with Crippen molar-refractivity contribution in [2.75, 3.05) is 12.3 Å². The zero-order chi connectivity index (χ0) is 14.2. The lowest BCUT2D eigenvalue weighted by Crippen LogP contribution is -2.46. The van der Waals surface area contributed by atoms with Crippen molar-refractivity contribution in [3.63, 3.8) is 0 Å². The van der Waals surface area contributed by atoms with E-state index in [9.17, 15) is 4.79 Å². The Morgan fingerprint density at radius 2 is 2.05 bits per heavy atom. The number of nitrogens with zero attached hydrogens (tertiary/aromatic N) is 1. The van der Waals surface area contributed by atoms with E-state index in [-0.39, 0.29) is 5.54 Å². The molecule has 1 aliphatic carbocycles. The lowest BCUT2D eigenvalue weighted by atomic mass is 9.99. The molecule has 1 amide bonds. The molecule has 4 heteroatoms. The Kier molecular flexibility index (Phi) is 4.32. The molecule has 20 heavy (non-hydrogen) atoms. The molecule has 3 nitrogen and oxygen atoms in total. The van der Waals surface area contributed by atoms with Gasteiger partial charge >= 0.3 is 0 Å². The summed E-state index contributed by atoms with van der Waals surface area (Å²) in [7, 11) is 0. The van der Waals surface area contributed by atoms with Gasteiger partial charge in [-0.2, -0.15) is 11.8 Å². The van der Waals surface area contributed by atoms with Crippen molar-refractivity contribution in [1.29, 1.82) is 0 Å². The molecule has 3 unspecified atom stereocenters. The molecule has 3 rings (SSSR count). The molecule has 2 saturated heterocycles. The molecular formula is C16H28N2OS. The zero-order valence-electron chi connectivity index (χ0n) is 12.9. The highest BCUT2D eigenvalue weighted by Gasteiger charge is 2.49. The monoisotopic (exact) mass is 296 g/mol. The molecule has 3 fully saturated rings. The molecule has 3 aliphatic rings. The van der Waals surface area contributed by atoms with Crippen molar-refractivity contribution in [3.05, 3.63) is 0 Å². The van der Waals surface area contributed by atoms with Gasteiger partial charge in [0.15, 0.2) is 0 Å². The van der Waals surface area contributed by atoms with Crippen LogP contribution < -0.4 is 5.32 Å². The van der Waals surface area contributed by atoms with Gasteiger partial charge in [0.2, 0.25) is 5.91 Å². The van der Waals surface area contributed by atoms with Crippen molar-refractivity contribution in [2.24, 2.45) is 5.92 Å². The molecule has 2 heterocycles. The van der Waals surface area contributed by atoms with Gasteiger partial charge in [-0.25, -0.2) is 0 Å². The van der Waals surface area contributed by atoms with Crippen LogP contribution in [0.4, 0.5) is 0 Å². The Hall–Kier alpha value is -0.220. The van der Waals surface area contributed by atoms with E-state index >= 15 is 0 Å². The highest BCUT2D eigenvalue weighted by Crippen LogP contribution is 2.37. The number of thioether (sulfide) groups is 1. The summed E-state index contributed by atoms with van der Waals surface area (Å²) < 4.78 is 0. The quantitative estimate of drug-likeness (QED) is 0.865. The van der Waals surface area contributed by atoms with Crippen LogP contribution in [0.1, 0.15) is 58.8 Å². The van der Waals surface area contributed by atoms with Gasteiger partial charge in [0.25, 0.3) is 0 Å². The number of hydrogen-bond acceptors (Lipinski definition) is 3. The van der Waals surface area contributed by atoms with Crippen LogP contribution in [0.25, 0.3) is 0 Å². The Morgan fingerprint density at radius 3 is 2.65 bits per heavy atom. The maximum atomic E-state index is 12.9. The minimum atomic E-state index is -0.323. The summed E-state index contributed by atoms with van der Waals surface area (Å²) in [6.07, 6.45) is 9.06. The van der Waals surface area contributed by atoms with Crippen LogP contribution in [0.2, 0.25) is 0 Å². The molecule has 1 saturated carbocycles. The third-order valence-electron chi connectivity index (χ3n) is 5.51. The average Bonchev–Trinajstić information content (AvgIpc) is 3.16. The first-order valence-electron chi connectivity index (χ1n) is 8.34. The van der Waals surface area contributed by atoms with Crippen LogP contribution in [0, 0.1) is 5.92 Å². The number of amides is 1. The summed E-state index contributed by atoms with van der Waals surface area (Å²) in [4.78, 5) is 15.1. The van der Waals surface area contributed by atoms with Gasteiger partial charge in [-0.15, -0.1) is 0 Å². The van der Waals surface area contributed by atoms with Gasteiger partial charge in [0.1, 0.15) is 0 Å². The van der Waals surface area contributed by atoms with Crippen molar-refractivity contribution in [1.82, 2.24) is 10.2 Å². The van der Waals surface area contributed by atoms with Gasteiger partial charge in [0, 0.05) is 11.8 Å². The Balaban J connectivity index is 1.75. The van der Waals surface area contributed by atoms with E-state index in [1.54, 1.807) is 0 Å². The van der Waals surface area contributed by atoms with Gasteiger partial charge in [0.05, 0.1) is 11.7 Å². The van der Waals surface area contributed by atoms with Crippen molar-refractivity contribution in [3.8, 4) is 0 Å². The SMILES string of the molecule is CCC1(C)NC(C2CCCC2)N(CC2CCCS2)C1=O. The fourth-order valence-electron chi connectivity index (χ4n) is 4.01. The number of hydrogen-bond donors (Lipinski definition) is 1. The Bertz CT molecular complexity index is 363. The molecule has 1 N–H and O–H groups in total. The predicted molar refractivity (Wildman–Crippen MR) is 84.8 cm³/mol. The second-order valence-electron chi connectivity index (χ2n) is 6.91. The first-order chi connectivity index (χ1) is 9.64. The summed E-state index contributed by atoms with van der Waals surface area (Å²) >= 11 is 2.06. The highest BCUT2D eigenvalue weighted by atomic mass is 32.2. The van der Waals surface area contributed by atoms with E-state index in [4.69, 9.17) is 0 Å². The van der Waals surface area contributed by atoms with Gasteiger partial charge in [-0.3, -0.25) is 10.1 Å². The third kappa shape index (κ3) is 2.61. The van der Waals surface area contributed by atoms with Crippen LogP contribution in [-0.4, -0.2) is 40.1 Å². The van der Waals surface area contributed by atoms with Crippen LogP contribution in [0.3, 0.4) is 0 Å². The molecule has 2 aliphatic heterocycles. The number of carbonyl (C=O) groups excluding carboxylic acids is 1. The molecule has 0 aromatic heterocycles. The van der Waals surface area contributed by atoms with Crippen LogP contribution in [-0.2, 0) is 4.79 Å². The number of nitrogens with one attached hydrogen (secondary N) is 1. The predicted octanol–water partition coefficient (Wildman–Crippen LogP) is 3.00. The molecule has 0 spiro atoms. The fraction of sp³-hybridized carbons (Fsp3) is 0.938. The lowest BCUT2D eigenvalue weighted by Gasteiger charge is -2.30. The third-order valence-corrected chi connectivity index (χ3v) is 6.89. The van der Waals surface area contributed by atoms with E-state index in [1.165, 1.54) is 44.3 Å². The van der Waals surface area contributed by atoms with Gasteiger partial charge in [-0.05, 0) is 50.7 Å². The first kappa shape index (κ1) is 14.7. The van der Waals surface area contributed by atoms with Crippen LogP contribution in [0.5, 0.6) is 0 Å². The standard InChI is InChI=1S/C16H28N2OS/c1-3-16(2)15(19)18(11-13-9-6-10-20-13)14(17-16)12-7-4-5-8-12/h12-14,17H,3-11H2,1-2H3. The zero-order valence-corrected chi connectivity index (χ0v) is 13.7. The topological polar surface area (TPSA) is 32.3 Å². The minimum absolute atomic E-state index is 0.302. The summed E-state index contributed by atoms with van der Waals surface area (Å²) in [6.45, 7) is 5.19. The largest absolute Gasteiger partial charge is 0.324 e. The van der Waals surface area contributed by atoms with Crippen LogP contribution >= 0.6 is 11.8 Å². The number of carbonyl (C=O) groups is 1. The van der Waals surface area contributed by atoms with Gasteiger partial charge in [-0.1, -0.05) is 19.8 Å². The normalized spacial score (nSPS) is 39.1. The van der Waals surface area contributed by atoms with Crippen molar-refractivity contribution in [2.45, 2.75) is 75.7 Å². The van der Waals surface area contributed by atoms with E-state index in [2.05, 4.69) is 35.8 Å². The minimum Gasteiger partial charge on any atom is -0.324 e. The first-order valence-corrected chi connectivity index (χ1v) is 9.39.